The fraction of sp³-hybridized carbons (Fsp3) is 0.750. The second-order valence-corrected chi connectivity index (χ2v) is 6.89. The van der Waals surface area contributed by atoms with Crippen molar-refractivity contribution in [2.75, 3.05) is 14.2 Å². The lowest BCUT2D eigenvalue weighted by atomic mass is 10.5. The van der Waals surface area contributed by atoms with Crippen LogP contribution < -0.4 is 0 Å². The first-order valence-corrected chi connectivity index (χ1v) is 7.15. The number of aryl methyl sites for hydroxylation is 1. The van der Waals surface area contributed by atoms with E-state index in [-0.39, 0.29) is 0 Å². The molecule has 14 heavy (non-hydrogen) atoms. The van der Waals surface area contributed by atoms with Gasteiger partial charge >= 0.3 is 8.56 Å². The van der Waals surface area contributed by atoms with Gasteiger partial charge in [0.1, 0.15) is 12.7 Å². The van der Waals surface area contributed by atoms with Crippen LogP contribution >= 0.6 is 0 Å². The van der Waals surface area contributed by atoms with Gasteiger partial charge in [-0.05, 0) is 19.0 Å². The number of aromatic nitrogens is 3. The number of nitrogens with zero attached hydrogens (tertiary/aromatic N) is 3. The number of rotatable bonds is 6. The van der Waals surface area contributed by atoms with Crippen LogP contribution in [0.15, 0.2) is 12.7 Å². The van der Waals surface area contributed by atoms with Gasteiger partial charge in [0.15, 0.2) is 0 Å². The lowest BCUT2D eigenvalue weighted by Gasteiger charge is -2.22. The van der Waals surface area contributed by atoms with Crippen molar-refractivity contribution >= 4 is 8.56 Å². The zero-order valence-electron chi connectivity index (χ0n) is 8.93. The van der Waals surface area contributed by atoms with Crippen LogP contribution in [0.5, 0.6) is 0 Å². The molecule has 1 aromatic rings. The summed E-state index contributed by atoms with van der Waals surface area (Å²) in [5.74, 6) is 0. The Morgan fingerprint density at radius 2 is 2.07 bits per heavy atom. The van der Waals surface area contributed by atoms with Crippen molar-refractivity contribution in [3.05, 3.63) is 12.7 Å². The minimum Gasteiger partial charge on any atom is -0.398 e. The van der Waals surface area contributed by atoms with Crippen molar-refractivity contribution in [2.45, 2.75) is 25.6 Å². The third-order valence-electron chi connectivity index (χ3n) is 2.35. The highest BCUT2D eigenvalue weighted by Gasteiger charge is 2.27. The number of hydrogen-bond acceptors (Lipinski definition) is 4. The average Bonchev–Trinajstić information content (AvgIpc) is 2.70. The molecule has 1 rings (SSSR count). The summed E-state index contributed by atoms with van der Waals surface area (Å²) in [6.45, 7) is 2.93. The predicted octanol–water partition coefficient (Wildman–Crippen LogP) is 1.03. The van der Waals surface area contributed by atoms with E-state index in [9.17, 15) is 0 Å². The molecule has 0 atom stereocenters. The van der Waals surface area contributed by atoms with Crippen LogP contribution in [0.4, 0.5) is 0 Å². The molecule has 6 heteroatoms. The van der Waals surface area contributed by atoms with E-state index in [0.717, 1.165) is 19.0 Å². The van der Waals surface area contributed by atoms with Gasteiger partial charge in [-0.1, -0.05) is 0 Å². The Morgan fingerprint density at radius 1 is 1.36 bits per heavy atom. The molecule has 0 aliphatic rings. The van der Waals surface area contributed by atoms with E-state index >= 15 is 0 Å². The van der Waals surface area contributed by atoms with E-state index in [4.69, 9.17) is 8.85 Å². The predicted molar refractivity (Wildman–Crippen MR) is 55.1 cm³/mol. The first-order valence-electron chi connectivity index (χ1n) is 4.63. The van der Waals surface area contributed by atoms with Crippen LogP contribution in [-0.2, 0) is 15.4 Å². The van der Waals surface area contributed by atoms with E-state index in [1.165, 1.54) is 0 Å². The summed E-state index contributed by atoms with van der Waals surface area (Å²) in [6, 6.07) is 0.972. The summed E-state index contributed by atoms with van der Waals surface area (Å²) in [6.07, 6.45) is 4.27. The number of hydrogen-bond donors (Lipinski definition) is 0. The van der Waals surface area contributed by atoms with E-state index < -0.39 is 8.56 Å². The Bertz CT molecular complexity index is 249. The Labute approximate surface area is 85.3 Å². The van der Waals surface area contributed by atoms with Gasteiger partial charge in [0.2, 0.25) is 0 Å². The monoisotopic (exact) mass is 215 g/mol. The van der Waals surface area contributed by atoms with Crippen molar-refractivity contribution in [3.63, 3.8) is 0 Å². The topological polar surface area (TPSA) is 49.2 Å². The van der Waals surface area contributed by atoms with Crippen LogP contribution in [0.25, 0.3) is 0 Å². The first kappa shape index (κ1) is 11.4. The molecule has 0 fully saturated rings. The fourth-order valence-electron chi connectivity index (χ4n) is 1.20. The Morgan fingerprint density at radius 3 is 2.57 bits per heavy atom. The zero-order chi connectivity index (χ0) is 10.4. The van der Waals surface area contributed by atoms with E-state index in [1.807, 2.05) is 4.68 Å². The van der Waals surface area contributed by atoms with Crippen LogP contribution in [-0.4, -0.2) is 37.5 Å². The summed E-state index contributed by atoms with van der Waals surface area (Å²) in [5, 5.41) is 4.03. The lowest BCUT2D eigenvalue weighted by molar-refractivity contribution is 0.247. The molecular weight excluding hydrogens is 198 g/mol. The molecule has 1 aromatic heterocycles. The molecule has 80 valence electrons. The molecule has 1 heterocycles. The first-order chi connectivity index (χ1) is 6.70. The molecule has 0 amide bonds. The maximum absolute atomic E-state index is 5.38. The van der Waals surface area contributed by atoms with E-state index in [0.29, 0.717) is 0 Å². The van der Waals surface area contributed by atoms with Gasteiger partial charge in [0.25, 0.3) is 0 Å². The highest BCUT2D eigenvalue weighted by molar-refractivity contribution is 6.65. The van der Waals surface area contributed by atoms with E-state index in [1.54, 1.807) is 26.9 Å². The molecule has 0 aromatic carbocycles. The van der Waals surface area contributed by atoms with Gasteiger partial charge < -0.3 is 8.85 Å². The zero-order valence-corrected chi connectivity index (χ0v) is 9.93. The van der Waals surface area contributed by atoms with Crippen molar-refractivity contribution in [2.24, 2.45) is 0 Å². The molecule has 0 bridgehead atoms. The third kappa shape index (κ3) is 3.21. The molecule has 0 radical (unpaired) electrons. The average molecular weight is 215 g/mol. The van der Waals surface area contributed by atoms with Crippen LogP contribution in [0.1, 0.15) is 6.42 Å². The minimum absolute atomic E-state index is 0.870. The van der Waals surface area contributed by atoms with E-state index in [2.05, 4.69) is 16.6 Å². The SMILES string of the molecule is CO[Si](C)(CCCn1cncn1)OC. The van der Waals surface area contributed by atoms with Crippen molar-refractivity contribution in [3.8, 4) is 0 Å². The molecule has 0 spiro atoms. The second kappa shape index (κ2) is 5.23. The van der Waals surface area contributed by atoms with Crippen molar-refractivity contribution in [1.29, 1.82) is 0 Å². The highest BCUT2D eigenvalue weighted by atomic mass is 28.4. The third-order valence-corrected chi connectivity index (χ3v) is 5.34. The Balaban J connectivity index is 2.27. The van der Waals surface area contributed by atoms with Crippen LogP contribution in [0.2, 0.25) is 12.6 Å². The van der Waals surface area contributed by atoms with Crippen molar-refractivity contribution < 1.29 is 8.85 Å². The summed E-state index contributed by atoms with van der Waals surface area (Å²) >= 11 is 0. The largest absolute Gasteiger partial charge is 0.398 e. The molecule has 0 saturated heterocycles. The minimum atomic E-state index is -1.89. The van der Waals surface area contributed by atoms with Gasteiger partial charge in [-0.3, -0.25) is 4.68 Å². The fourth-order valence-corrected chi connectivity index (χ4v) is 2.57. The summed E-state index contributed by atoms with van der Waals surface area (Å²) in [5.41, 5.74) is 0. The van der Waals surface area contributed by atoms with Crippen LogP contribution in [0.3, 0.4) is 0 Å². The summed E-state index contributed by atoms with van der Waals surface area (Å²) in [4.78, 5) is 3.88. The van der Waals surface area contributed by atoms with Gasteiger partial charge in [-0.2, -0.15) is 5.10 Å². The molecule has 5 nitrogen and oxygen atoms in total. The Kier molecular flexibility index (Phi) is 4.24. The quantitative estimate of drug-likeness (QED) is 0.665. The molecule has 0 unspecified atom stereocenters. The maximum Gasteiger partial charge on any atom is 0.334 e. The molecule has 0 saturated carbocycles. The second-order valence-electron chi connectivity index (χ2n) is 3.30. The Hall–Kier alpha value is -0.723. The van der Waals surface area contributed by atoms with Gasteiger partial charge in [0.05, 0.1) is 0 Å². The normalized spacial score (nSPS) is 11.9. The maximum atomic E-state index is 5.38. The molecule has 0 N–H and O–H groups in total. The molecule has 0 aliphatic carbocycles. The summed E-state index contributed by atoms with van der Waals surface area (Å²) < 4.78 is 12.6. The highest BCUT2D eigenvalue weighted by Crippen LogP contribution is 2.13. The van der Waals surface area contributed by atoms with Gasteiger partial charge in [0, 0.05) is 20.8 Å². The molecular formula is C8H17N3O2Si. The van der Waals surface area contributed by atoms with Crippen molar-refractivity contribution in [1.82, 2.24) is 14.8 Å². The van der Waals surface area contributed by atoms with Gasteiger partial charge in [-0.15, -0.1) is 0 Å². The van der Waals surface area contributed by atoms with Gasteiger partial charge in [-0.25, -0.2) is 4.98 Å². The lowest BCUT2D eigenvalue weighted by Crippen LogP contribution is -2.36. The summed E-state index contributed by atoms with van der Waals surface area (Å²) in [7, 11) is 1.53. The van der Waals surface area contributed by atoms with Crippen LogP contribution in [0, 0.1) is 0 Å². The standard InChI is InChI=1S/C8H17N3O2Si/c1-12-14(3,13-2)6-4-5-11-8-9-7-10-11/h7-8H,4-6H2,1-3H3. The smallest absolute Gasteiger partial charge is 0.334 e. The molecule has 0 aliphatic heterocycles.